The Kier molecular flexibility index (Phi) is 7.96. The fraction of sp³-hybridized carbons (Fsp3) is 0.538. The Morgan fingerprint density at radius 1 is 1.06 bits per heavy atom. The second-order valence-electron chi connectivity index (χ2n) is 3.59. The Labute approximate surface area is 108 Å². The normalized spacial score (nSPS) is 10.3. The zero-order valence-corrected chi connectivity index (χ0v) is 10.7. The summed E-state index contributed by atoms with van der Waals surface area (Å²) in [5.41, 5.74) is 0. The second-order valence-corrected chi connectivity index (χ2v) is 3.59. The minimum atomic E-state index is 0.0664. The van der Waals surface area contributed by atoms with Crippen LogP contribution in [0.2, 0.25) is 0 Å². The van der Waals surface area contributed by atoms with Crippen LogP contribution < -0.4 is 14.8 Å². The van der Waals surface area contributed by atoms with Crippen LogP contribution in [0.15, 0.2) is 24.3 Å². The maximum absolute atomic E-state index is 8.51. The van der Waals surface area contributed by atoms with Crippen molar-refractivity contribution >= 4 is 0 Å². The molecule has 18 heavy (non-hydrogen) atoms. The van der Waals surface area contributed by atoms with Crippen LogP contribution in [0.1, 0.15) is 0 Å². The summed E-state index contributed by atoms with van der Waals surface area (Å²) >= 11 is 0. The van der Waals surface area contributed by atoms with Gasteiger partial charge in [-0.05, 0) is 12.1 Å². The summed E-state index contributed by atoms with van der Waals surface area (Å²) in [6.07, 6.45) is 0. The second kappa shape index (κ2) is 9.70. The van der Waals surface area contributed by atoms with Gasteiger partial charge in [-0.25, -0.2) is 0 Å². The van der Waals surface area contributed by atoms with Gasteiger partial charge in [0.15, 0.2) is 11.5 Å². The van der Waals surface area contributed by atoms with E-state index in [0.29, 0.717) is 19.8 Å². The van der Waals surface area contributed by atoms with E-state index >= 15 is 0 Å². The molecule has 0 saturated carbocycles. The molecule has 0 saturated heterocycles. The summed E-state index contributed by atoms with van der Waals surface area (Å²) in [5.74, 6) is 1.49. The molecule has 1 aromatic rings. The molecule has 0 aliphatic heterocycles. The fourth-order valence-corrected chi connectivity index (χ4v) is 1.41. The van der Waals surface area contributed by atoms with Gasteiger partial charge in [0.05, 0.1) is 26.9 Å². The number of benzene rings is 1. The number of nitrogens with one attached hydrogen (secondary N) is 1. The Morgan fingerprint density at radius 2 is 1.78 bits per heavy atom. The van der Waals surface area contributed by atoms with Gasteiger partial charge in [-0.15, -0.1) is 0 Å². The summed E-state index contributed by atoms with van der Waals surface area (Å²) < 4.78 is 15.9. The molecule has 2 N–H and O–H groups in total. The molecule has 5 heteroatoms. The number of hydrogen-bond acceptors (Lipinski definition) is 5. The molecule has 1 aromatic carbocycles. The van der Waals surface area contributed by atoms with E-state index in [4.69, 9.17) is 19.3 Å². The minimum Gasteiger partial charge on any atom is -0.493 e. The van der Waals surface area contributed by atoms with Gasteiger partial charge in [-0.2, -0.15) is 0 Å². The lowest BCUT2D eigenvalue weighted by atomic mass is 10.3. The summed E-state index contributed by atoms with van der Waals surface area (Å²) in [6.45, 7) is 3.10. The number of ether oxygens (including phenoxy) is 3. The van der Waals surface area contributed by atoms with Crippen molar-refractivity contribution < 1.29 is 19.3 Å². The maximum Gasteiger partial charge on any atom is 0.161 e. The standard InChI is InChI=1S/C13H21NO4/c1-16-12-4-2-3-5-13(12)18-10-7-14-6-9-17-11-8-15/h2-5,14-15H,6-11H2,1H3. The third kappa shape index (κ3) is 5.86. The molecule has 0 fully saturated rings. The molecule has 0 radical (unpaired) electrons. The lowest BCUT2D eigenvalue weighted by molar-refractivity contribution is 0.0935. The SMILES string of the molecule is COc1ccccc1OCCNCCOCCO. The predicted molar refractivity (Wildman–Crippen MR) is 69.3 cm³/mol. The van der Waals surface area contributed by atoms with Crippen LogP contribution >= 0.6 is 0 Å². The van der Waals surface area contributed by atoms with E-state index in [1.807, 2.05) is 24.3 Å². The van der Waals surface area contributed by atoms with Gasteiger partial charge in [0.25, 0.3) is 0 Å². The zero-order valence-electron chi connectivity index (χ0n) is 10.7. The molecule has 0 amide bonds. The van der Waals surface area contributed by atoms with E-state index in [1.165, 1.54) is 0 Å². The molecule has 102 valence electrons. The van der Waals surface area contributed by atoms with E-state index in [1.54, 1.807) is 7.11 Å². The van der Waals surface area contributed by atoms with Gasteiger partial charge in [0.1, 0.15) is 6.61 Å². The number of rotatable bonds is 10. The molecule has 0 aliphatic carbocycles. The Balaban J connectivity index is 2.07. The van der Waals surface area contributed by atoms with Gasteiger partial charge in [-0.1, -0.05) is 12.1 Å². The number of methoxy groups -OCH3 is 1. The molecule has 0 unspecified atom stereocenters. The van der Waals surface area contributed by atoms with Gasteiger partial charge in [0, 0.05) is 13.1 Å². The van der Waals surface area contributed by atoms with E-state index in [-0.39, 0.29) is 6.61 Å². The average molecular weight is 255 g/mol. The molecule has 0 aromatic heterocycles. The first kappa shape index (κ1) is 14.8. The highest BCUT2D eigenvalue weighted by molar-refractivity contribution is 5.39. The largest absolute Gasteiger partial charge is 0.493 e. The van der Waals surface area contributed by atoms with E-state index in [9.17, 15) is 0 Å². The molecule has 5 nitrogen and oxygen atoms in total. The Bertz CT molecular complexity index is 320. The van der Waals surface area contributed by atoms with Crippen LogP contribution in [0.5, 0.6) is 11.5 Å². The van der Waals surface area contributed by atoms with Crippen molar-refractivity contribution in [2.24, 2.45) is 0 Å². The van der Waals surface area contributed by atoms with E-state index in [0.717, 1.165) is 24.6 Å². The van der Waals surface area contributed by atoms with Crippen molar-refractivity contribution in [1.29, 1.82) is 0 Å². The molecule has 0 spiro atoms. The highest BCUT2D eigenvalue weighted by Crippen LogP contribution is 2.25. The quantitative estimate of drug-likeness (QED) is 0.602. The topological polar surface area (TPSA) is 60.0 Å². The number of hydrogen-bond donors (Lipinski definition) is 2. The molecular weight excluding hydrogens is 234 g/mol. The molecule has 1 rings (SSSR count). The zero-order chi connectivity index (χ0) is 13.1. The summed E-state index contributed by atoms with van der Waals surface area (Å²) in [6, 6.07) is 7.56. The van der Waals surface area contributed by atoms with Crippen molar-refractivity contribution in [1.82, 2.24) is 5.32 Å². The van der Waals surface area contributed by atoms with Crippen molar-refractivity contribution in [3.05, 3.63) is 24.3 Å². The predicted octanol–water partition coefficient (Wildman–Crippen LogP) is 0.672. The highest BCUT2D eigenvalue weighted by atomic mass is 16.5. The number of aliphatic hydroxyl groups is 1. The average Bonchev–Trinajstić information content (AvgIpc) is 2.42. The van der Waals surface area contributed by atoms with Crippen molar-refractivity contribution in [3.8, 4) is 11.5 Å². The van der Waals surface area contributed by atoms with Crippen molar-refractivity contribution in [2.45, 2.75) is 0 Å². The Hall–Kier alpha value is -1.30. The van der Waals surface area contributed by atoms with Crippen molar-refractivity contribution in [3.63, 3.8) is 0 Å². The van der Waals surface area contributed by atoms with E-state index in [2.05, 4.69) is 5.32 Å². The minimum absolute atomic E-state index is 0.0664. The first-order valence-corrected chi connectivity index (χ1v) is 6.03. The van der Waals surface area contributed by atoms with Crippen LogP contribution in [0.25, 0.3) is 0 Å². The number of para-hydroxylation sites is 2. The first-order valence-electron chi connectivity index (χ1n) is 6.03. The summed E-state index contributed by atoms with van der Waals surface area (Å²) in [5, 5.41) is 11.7. The number of aliphatic hydroxyl groups excluding tert-OH is 1. The molecule has 0 aliphatic rings. The molecule has 0 atom stereocenters. The summed E-state index contributed by atoms with van der Waals surface area (Å²) in [4.78, 5) is 0. The van der Waals surface area contributed by atoms with Crippen LogP contribution in [0.4, 0.5) is 0 Å². The highest BCUT2D eigenvalue weighted by Gasteiger charge is 2.01. The fourth-order valence-electron chi connectivity index (χ4n) is 1.41. The maximum atomic E-state index is 8.51. The summed E-state index contributed by atoms with van der Waals surface area (Å²) in [7, 11) is 1.62. The molecular formula is C13H21NO4. The third-order valence-electron chi connectivity index (χ3n) is 2.26. The third-order valence-corrected chi connectivity index (χ3v) is 2.26. The smallest absolute Gasteiger partial charge is 0.161 e. The van der Waals surface area contributed by atoms with Gasteiger partial charge in [0.2, 0.25) is 0 Å². The van der Waals surface area contributed by atoms with Crippen LogP contribution in [0, 0.1) is 0 Å². The van der Waals surface area contributed by atoms with Crippen LogP contribution in [0.3, 0.4) is 0 Å². The van der Waals surface area contributed by atoms with Crippen LogP contribution in [-0.2, 0) is 4.74 Å². The lowest BCUT2D eigenvalue weighted by Gasteiger charge is -2.10. The first-order chi connectivity index (χ1) is 8.88. The molecule has 0 bridgehead atoms. The van der Waals surface area contributed by atoms with Crippen molar-refractivity contribution in [2.75, 3.05) is 46.6 Å². The van der Waals surface area contributed by atoms with Gasteiger partial charge >= 0.3 is 0 Å². The van der Waals surface area contributed by atoms with Gasteiger partial charge < -0.3 is 24.6 Å². The van der Waals surface area contributed by atoms with Gasteiger partial charge in [-0.3, -0.25) is 0 Å². The van der Waals surface area contributed by atoms with Crippen LogP contribution in [-0.4, -0.2) is 51.7 Å². The van der Waals surface area contributed by atoms with E-state index < -0.39 is 0 Å². The lowest BCUT2D eigenvalue weighted by Crippen LogP contribution is -2.25. The Morgan fingerprint density at radius 3 is 2.50 bits per heavy atom. The monoisotopic (exact) mass is 255 g/mol. The molecule has 0 heterocycles.